The van der Waals surface area contributed by atoms with Gasteiger partial charge in [-0.15, -0.1) is 0 Å². The Morgan fingerprint density at radius 1 is 0.917 bits per heavy atom. The standard InChI is InChI=1S/C10H12N2/c11-7-10(8-12)6-9(10)4-2-1-3-5-9/h1-6H2. The number of rotatable bonds is 0. The second kappa shape index (κ2) is 2.23. The minimum atomic E-state index is -0.590. The van der Waals surface area contributed by atoms with Crippen LogP contribution >= 0.6 is 0 Å². The monoisotopic (exact) mass is 160 g/mol. The Kier molecular flexibility index (Phi) is 1.42. The minimum absolute atomic E-state index is 0.120. The number of nitriles is 2. The first-order valence-corrected chi connectivity index (χ1v) is 4.61. The van der Waals surface area contributed by atoms with Crippen molar-refractivity contribution in [1.29, 1.82) is 10.5 Å². The molecule has 0 aliphatic heterocycles. The molecule has 0 N–H and O–H groups in total. The normalized spacial score (nSPS) is 28.8. The van der Waals surface area contributed by atoms with Crippen LogP contribution in [0.5, 0.6) is 0 Å². The van der Waals surface area contributed by atoms with Crippen molar-refractivity contribution in [2.75, 3.05) is 0 Å². The van der Waals surface area contributed by atoms with Crippen LogP contribution in [0.3, 0.4) is 0 Å². The molecule has 0 heterocycles. The molecule has 12 heavy (non-hydrogen) atoms. The molecule has 0 saturated heterocycles. The molecule has 0 amide bonds. The van der Waals surface area contributed by atoms with Crippen molar-refractivity contribution in [3.63, 3.8) is 0 Å². The molecule has 2 nitrogen and oxygen atoms in total. The highest BCUT2D eigenvalue weighted by atomic mass is 14.7. The zero-order valence-corrected chi connectivity index (χ0v) is 7.14. The second-order valence-corrected chi connectivity index (χ2v) is 4.15. The highest BCUT2D eigenvalue weighted by molar-refractivity contribution is 5.34. The van der Waals surface area contributed by atoms with Gasteiger partial charge in [0.1, 0.15) is 5.41 Å². The van der Waals surface area contributed by atoms with Crippen LogP contribution < -0.4 is 0 Å². The van der Waals surface area contributed by atoms with E-state index < -0.39 is 5.41 Å². The SMILES string of the molecule is N#CC1(C#N)CC12CCCCC2. The van der Waals surface area contributed by atoms with Crippen molar-refractivity contribution in [3.05, 3.63) is 0 Å². The fraction of sp³-hybridized carbons (Fsp3) is 0.800. The number of hydrogen-bond donors (Lipinski definition) is 0. The average Bonchev–Trinajstić information content (AvgIpc) is 2.75. The van der Waals surface area contributed by atoms with E-state index in [1.807, 2.05) is 0 Å². The van der Waals surface area contributed by atoms with Crippen molar-refractivity contribution in [3.8, 4) is 12.1 Å². The number of nitrogens with zero attached hydrogens (tertiary/aromatic N) is 2. The molecule has 0 aromatic carbocycles. The zero-order chi connectivity index (χ0) is 8.66. The molecule has 2 heteroatoms. The third kappa shape index (κ3) is 0.730. The van der Waals surface area contributed by atoms with Crippen LogP contribution in [0, 0.1) is 33.5 Å². The van der Waals surface area contributed by atoms with Gasteiger partial charge in [0.15, 0.2) is 0 Å². The van der Waals surface area contributed by atoms with Crippen LogP contribution in [0.4, 0.5) is 0 Å². The van der Waals surface area contributed by atoms with Gasteiger partial charge in [-0.05, 0) is 19.3 Å². The fourth-order valence-electron chi connectivity index (χ4n) is 2.64. The third-order valence-electron chi connectivity index (χ3n) is 3.58. The maximum absolute atomic E-state index is 8.90. The zero-order valence-electron chi connectivity index (χ0n) is 7.14. The molecule has 0 unspecified atom stereocenters. The molecule has 62 valence electrons. The summed E-state index contributed by atoms with van der Waals surface area (Å²) in [6.45, 7) is 0. The summed E-state index contributed by atoms with van der Waals surface area (Å²) in [7, 11) is 0. The van der Waals surface area contributed by atoms with E-state index >= 15 is 0 Å². The van der Waals surface area contributed by atoms with E-state index in [-0.39, 0.29) is 5.41 Å². The molecule has 2 rings (SSSR count). The Morgan fingerprint density at radius 2 is 1.50 bits per heavy atom. The molecule has 0 radical (unpaired) electrons. The Morgan fingerprint density at radius 3 is 1.92 bits per heavy atom. The first-order valence-electron chi connectivity index (χ1n) is 4.61. The van der Waals surface area contributed by atoms with E-state index in [1.165, 1.54) is 19.3 Å². The summed E-state index contributed by atoms with van der Waals surface area (Å²) in [5.41, 5.74) is -0.470. The lowest BCUT2D eigenvalue weighted by atomic mass is 9.80. The lowest BCUT2D eigenvalue weighted by Crippen LogP contribution is -2.15. The van der Waals surface area contributed by atoms with E-state index in [9.17, 15) is 0 Å². The summed E-state index contributed by atoms with van der Waals surface area (Å²) in [6, 6.07) is 4.40. The largest absolute Gasteiger partial charge is 0.197 e. The average molecular weight is 160 g/mol. The highest BCUT2D eigenvalue weighted by Crippen LogP contribution is 2.69. The van der Waals surface area contributed by atoms with Gasteiger partial charge in [0.25, 0.3) is 0 Å². The van der Waals surface area contributed by atoms with Gasteiger partial charge in [0.05, 0.1) is 12.1 Å². The maximum atomic E-state index is 8.90. The van der Waals surface area contributed by atoms with Gasteiger partial charge in [-0.2, -0.15) is 10.5 Å². The number of hydrogen-bond acceptors (Lipinski definition) is 2. The van der Waals surface area contributed by atoms with Crippen LogP contribution in [0.2, 0.25) is 0 Å². The van der Waals surface area contributed by atoms with E-state index in [0.29, 0.717) is 0 Å². The van der Waals surface area contributed by atoms with Gasteiger partial charge in [0.2, 0.25) is 0 Å². The van der Waals surface area contributed by atoms with Crippen molar-refractivity contribution in [2.24, 2.45) is 10.8 Å². The van der Waals surface area contributed by atoms with Gasteiger partial charge in [-0.25, -0.2) is 0 Å². The maximum Gasteiger partial charge on any atom is 0.150 e. The van der Waals surface area contributed by atoms with E-state index in [0.717, 1.165) is 19.3 Å². The first kappa shape index (κ1) is 7.62. The van der Waals surface area contributed by atoms with Crippen LogP contribution in [0.15, 0.2) is 0 Å². The molecule has 2 aliphatic rings. The van der Waals surface area contributed by atoms with Crippen LogP contribution in [0.1, 0.15) is 38.5 Å². The lowest BCUT2D eigenvalue weighted by molar-refractivity contribution is 0.303. The predicted molar refractivity (Wildman–Crippen MR) is 43.8 cm³/mol. The molecule has 0 bridgehead atoms. The quantitative estimate of drug-likeness (QED) is 0.546. The van der Waals surface area contributed by atoms with Crippen LogP contribution in [-0.4, -0.2) is 0 Å². The second-order valence-electron chi connectivity index (χ2n) is 4.15. The van der Waals surface area contributed by atoms with E-state index in [4.69, 9.17) is 10.5 Å². The summed E-state index contributed by atoms with van der Waals surface area (Å²) in [6.07, 6.45) is 6.76. The molecule has 1 spiro atoms. The van der Waals surface area contributed by atoms with Crippen molar-refractivity contribution < 1.29 is 0 Å². The predicted octanol–water partition coefficient (Wildman–Crippen LogP) is 2.37. The summed E-state index contributed by atoms with van der Waals surface area (Å²) in [5.74, 6) is 0. The van der Waals surface area contributed by atoms with Gasteiger partial charge < -0.3 is 0 Å². The Hall–Kier alpha value is -1.02. The molecular weight excluding hydrogens is 148 g/mol. The van der Waals surface area contributed by atoms with Crippen molar-refractivity contribution in [1.82, 2.24) is 0 Å². The highest BCUT2D eigenvalue weighted by Gasteiger charge is 2.68. The summed E-state index contributed by atoms with van der Waals surface area (Å²) >= 11 is 0. The van der Waals surface area contributed by atoms with Gasteiger partial charge in [-0.1, -0.05) is 19.3 Å². The molecule has 0 atom stereocenters. The van der Waals surface area contributed by atoms with Crippen molar-refractivity contribution >= 4 is 0 Å². The summed E-state index contributed by atoms with van der Waals surface area (Å²) in [4.78, 5) is 0. The van der Waals surface area contributed by atoms with E-state index in [2.05, 4.69) is 12.1 Å². The smallest absolute Gasteiger partial charge is 0.150 e. The molecule has 2 fully saturated rings. The van der Waals surface area contributed by atoms with Gasteiger partial charge >= 0.3 is 0 Å². The third-order valence-corrected chi connectivity index (χ3v) is 3.58. The Bertz CT molecular complexity index is 259. The van der Waals surface area contributed by atoms with Gasteiger partial charge in [0, 0.05) is 5.41 Å². The van der Waals surface area contributed by atoms with Crippen LogP contribution in [-0.2, 0) is 0 Å². The van der Waals surface area contributed by atoms with E-state index in [1.54, 1.807) is 0 Å². The topological polar surface area (TPSA) is 47.6 Å². The molecular formula is C10H12N2. The minimum Gasteiger partial charge on any atom is -0.197 e. The summed E-state index contributed by atoms with van der Waals surface area (Å²) in [5, 5.41) is 17.8. The molecule has 2 saturated carbocycles. The lowest BCUT2D eigenvalue weighted by Gasteiger charge is -2.22. The Balaban J connectivity index is 2.19. The van der Waals surface area contributed by atoms with Gasteiger partial charge in [-0.3, -0.25) is 0 Å². The fourth-order valence-corrected chi connectivity index (χ4v) is 2.64. The Labute approximate surface area is 72.8 Å². The van der Waals surface area contributed by atoms with Crippen molar-refractivity contribution in [2.45, 2.75) is 38.5 Å². The van der Waals surface area contributed by atoms with Crippen LogP contribution in [0.25, 0.3) is 0 Å². The summed E-state index contributed by atoms with van der Waals surface area (Å²) < 4.78 is 0. The molecule has 0 aromatic heterocycles. The first-order chi connectivity index (χ1) is 5.79. The molecule has 0 aromatic rings. The molecule has 2 aliphatic carbocycles.